The number of nitrogens with zero attached hydrogens (tertiary/aromatic N) is 1. The van der Waals surface area contributed by atoms with E-state index in [-0.39, 0.29) is 30.7 Å². The van der Waals surface area contributed by atoms with Crippen LogP contribution in [0.3, 0.4) is 0 Å². The molecule has 2 unspecified atom stereocenters. The van der Waals surface area contributed by atoms with Crippen LogP contribution < -0.4 is 4.74 Å². The van der Waals surface area contributed by atoms with Gasteiger partial charge in [-0.3, -0.25) is 4.90 Å². The highest BCUT2D eigenvalue weighted by Gasteiger charge is 2.33. The van der Waals surface area contributed by atoms with Gasteiger partial charge in [-0.25, -0.2) is 8.42 Å². The van der Waals surface area contributed by atoms with Gasteiger partial charge < -0.3 is 9.84 Å². The van der Waals surface area contributed by atoms with Crippen LogP contribution in [-0.4, -0.2) is 55.2 Å². The minimum absolute atomic E-state index is 0.0862. The molecule has 0 bridgehead atoms. The number of sulfone groups is 1. The molecule has 164 valence electrons. The summed E-state index contributed by atoms with van der Waals surface area (Å²) in [5, 5.41) is 11.7. The van der Waals surface area contributed by atoms with E-state index < -0.39 is 15.9 Å². The zero-order chi connectivity index (χ0) is 21.9. The maximum atomic E-state index is 12.0. The Balaban J connectivity index is 1.69. The van der Waals surface area contributed by atoms with Crippen molar-refractivity contribution in [2.45, 2.75) is 39.0 Å². The highest BCUT2D eigenvalue weighted by Crippen LogP contribution is 2.26. The molecule has 0 amide bonds. The first-order valence-corrected chi connectivity index (χ1v) is 12.5. The predicted molar refractivity (Wildman–Crippen MR) is 121 cm³/mol. The molecule has 0 spiro atoms. The zero-order valence-electron chi connectivity index (χ0n) is 17.1. The lowest BCUT2D eigenvalue weighted by atomic mass is 10.1. The SMILES string of the molecule is Cc1cc(C)cc(OCC(O)CN(Cc2ccc(Cl)cc2Cl)C2CCS(=O)(=O)C2)c1. The van der Waals surface area contributed by atoms with Crippen molar-refractivity contribution < 1.29 is 18.3 Å². The highest BCUT2D eigenvalue weighted by atomic mass is 35.5. The van der Waals surface area contributed by atoms with Crippen LogP contribution in [0.5, 0.6) is 5.75 Å². The molecule has 30 heavy (non-hydrogen) atoms. The molecule has 1 heterocycles. The summed E-state index contributed by atoms with van der Waals surface area (Å²) in [4.78, 5) is 1.98. The second kappa shape index (κ2) is 9.88. The van der Waals surface area contributed by atoms with Gasteiger partial charge in [-0.05, 0) is 61.2 Å². The van der Waals surface area contributed by atoms with Crippen molar-refractivity contribution in [3.05, 3.63) is 63.1 Å². The smallest absolute Gasteiger partial charge is 0.151 e. The second-order valence-electron chi connectivity index (χ2n) is 8.01. The van der Waals surface area contributed by atoms with Crippen LogP contribution >= 0.6 is 23.2 Å². The first-order chi connectivity index (χ1) is 14.1. The van der Waals surface area contributed by atoms with Crippen LogP contribution in [0.25, 0.3) is 0 Å². The number of rotatable bonds is 8. The number of aryl methyl sites for hydroxylation is 2. The van der Waals surface area contributed by atoms with Crippen molar-refractivity contribution in [1.82, 2.24) is 4.90 Å². The molecule has 8 heteroatoms. The largest absolute Gasteiger partial charge is 0.491 e. The van der Waals surface area contributed by atoms with Crippen LogP contribution in [-0.2, 0) is 16.4 Å². The molecule has 1 fully saturated rings. The highest BCUT2D eigenvalue weighted by molar-refractivity contribution is 7.91. The monoisotopic (exact) mass is 471 g/mol. The van der Waals surface area contributed by atoms with E-state index in [2.05, 4.69) is 6.07 Å². The summed E-state index contributed by atoms with van der Waals surface area (Å²) in [5.74, 6) is 0.961. The van der Waals surface area contributed by atoms with Gasteiger partial charge in [0.05, 0.1) is 11.5 Å². The van der Waals surface area contributed by atoms with Crippen molar-refractivity contribution >= 4 is 33.0 Å². The lowest BCUT2D eigenvalue weighted by Gasteiger charge is -2.30. The Bertz CT molecular complexity index is 976. The summed E-state index contributed by atoms with van der Waals surface area (Å²) in [6, 6.07) is 11.0. The molecule has 5 nitrogen and oxygen atoms in total. The number of hydrogen-bond donors (Lipinski definition) is 1. The Morgan fingerprint density at radius 2 is 1.87 bits per heavy atom. The molecule has 2 atom stereocenters. The van der Waals surface area contributed by atoms with Gasteiger partial charge in [-0.2, -0.15) is 0 Å². The molecule has 1 aliphatic rings. The van der Waals surface area contributed by atoms with E-state index in [4.69, 9.17) is 27.9 Å². The third-order valence-electron chi connectivity index (χ3n) is 5.20. The summed E-state index contributed by atoms with van der Waals surface area (Å²) in [5.41, 5.74) is 3.03. The lowest BCUT2D eigenvalue weighted by molar-refractivity contribution is 0.0524. The molecule has 1 N–H and O–H groups in total. The fourth-order valence-corrected chi connectivity index (χ4v) is 6.04. The third-order valence-corrected chi connectivity index (χ3v) is 7.53. The normalized spacial score (nSPS) is 19.2. The van der Waals surface area contributed by atoms with Gasteiger partial charge in [0.15, 0.2) is 9.84 Å². The molecule has 0 aliphatic carbocycles. The number of aliphatic hydroxyl groups excluding tert-OH is 1. The molecule has 2 aromatic carbocycles. The van der Waals surface area contributed by atoms with Crippen LogP contribution in [0.2, 0.25) is 10.0 Å². The van der Waals surface area contributed by atoms with Gasteiger partial charge in [-0.1, -0.05) is 35.3 Å². The minimum atomic E-state index is -3.06. The lowest BCUT2D eigenvalue weighted by Crippen LogP contribution is -2.42. The predicted octanol–water partition coefficient (Wildman–Crippen LogP) is 4.04. The number of halogens is 2. The van der Waals surface area contributed by atoms with Crippen molar-refractivity contribution in [2.75, 3.05) is 24.7 Å². The van der Waals surface area contributed by atoms with Crippen LogP contribution in [0, 0.1) is 13.8 Å². The quantitative estimate of drug-likeness (QED) is 0.628. The fraction of sp³-hybridized carbons (Fsp3) is 0.455. The van der Waals surface area contributed by atoms with Crippen molar-refractivity contribution in [3.63, 3.8) is 0 Å². The zero-order valence-corrected chi connectivity index (χ0v) is 19.5. The number of ether oxygens (including phenoxy) is 1. The van der Waals surface area contributed by atoms with E-state index in [1.807, 2.05) is 36.9 Å². The Morgan fingerprint density at radius 1 is 1.17 bits per heavy atom. The average molecular weight is 472 g/mol. The Kier molecular flexibility index (Phi) is 7.69. The topological polar surface area (TPSA) is 66.8 Å². The molecule has 1 saturated heterocycles. The van der Waals surface area contributed by atoms with Gasteiger partial charge in [0, 0.05) is 29.2 Å². The first-order valence-electron chi connectivity index (χ1n) is 9.89. The van der Waals surface area contributed by atoms with E-state index in [0.717, 1.165) is 16.7 Å². The van der Waals surface area contributed by atoms with E-state index in [9.17, 15) is 13.5 Å². The van der Waals surface area contributed by atoms with E-state index >= 15 is 0 Å². The van der Waals surface area contributed by atoms with Gasteiger partial charge in [-0.15, -0.1) is 0 Å². The third kappa shape index (κ3) is 6.59. The van der Waals surface area contributed by atoms with Gasteiger partial charge in [0.2, 0.25) is 0 Å². The van der Waals surface area contributed by atoms with Crippen molar-refractivity contribution in [1.29, 1.82) is 0 Å². The molecular weight excluding hydrogens is 445 g/mol. The molecule has 0 radical (unpaired) electrons. The van der Waals surface area contributed by atoms with Crippen LogP contribution in [0.15, 0.2) is 36.4 Å². The second-order valence-corrected chi connectivity index (χ2v) is 11.1. The Hall–Kier alpha value is -1.31. The van der Waals surface area contributed by atoms with E-state index in [1.165, 1.54) is 0 Å². The average Bonchev–Trinajstić information content (AvgIpc) is 3.00. The van der Waals surface area contributed by atoms with E-state index in [1.54, 1.807) is 12.1 Å². The van der Waals surface area contributed by atoms with Gasteiger partial charge in [0.25, 0.3) is 0 Å². The number of aliphatic hydroxyl groups is 1. The van der Waals surface area contributed by atoms with E-state index in [0.29, 0.717) is 28.8 Å². The van der Waals surface area contributed by atoms with Crippen molar-refractivity contribution in [2.24, 2.45) is 0 Å². The number of benzene rings is 2. The summed E-state index contributed by atoms with van der Waals surface area (Å²) in [7, 11) is -3.06. The van der Waals surface area contributed by atoms with Gasteiger partial charge in [0.1, 0.15) is 18.5 Å². The maximum Gasteiger partial charge on any atom is 0.151 e. The fourth-order valence-electron chi connectivity index (χ4n) is 3.81. The standard InChI is InChI=1S/C22H27Cl2NO4S/c1-15-7-16(2)9-21(8-15)29-13-20(26)12-25(19-5-6-30(27,28)14-19)11-17-3-4-18(23)10-22(17)24/h3-4,7-10,19-20,26H,5-6,11-14H2,1-2H3. The summed E-state index contributed by atoms with van der Waals surface area (Å²) in [6.07, 6.45) is -0.238. The summed E-state index contributed by atoms with van der Waals surface area (Å²) < 4.78 is 29.8. The first kappa shape index (κ1) is 23.4. The molecular formula is C22H27Cl2NO4S. The summed E-state index contributed by atoms with van der Waals surface area (Å²) in [6.45, 7) is 4.82. The number of hydrogen-bond acceptors (Lipinski definition) is 5. The Labute approximate surface area is 188 Å². The van der Waals surface area contributed by atoms with Crippen LogP contribution in [0.1, 0.15) is 23.1 Å². The molecule has 2 aromatic rings. The summed E-state index contributed by atoms with van der Waals surface area (Å²) >= 11 is 12.3. The maximum absolute atomic E-state index is 12.0. The van der Waals surface area contributed by atoms with Crippen molar-refractivity contribution in [3.8, 4) is 5.75 Å². The Morgan fingerprint density at radius 3 is 2.47 bits per heavy atom. The van der Waals surface area contributed by atoms with Crippen LogP contribution in [0.4, 0.5) is 0 Å². The molecule has 3 rings (SSSR count). The van der Waals surface area contributed by atoms with Gasteiger partial charge >= 0.3 is 0 Å². The molecule has 0 aromatic heterocycles. The molecule has 1 aliphatic heterocycles. The molecule has 0 saturated carbocycles. The minimum Gasteiger partial charge on any atom is -0.491 e.